The van der Waals surface area contributed by atoms with Crippen molar-refractivity contribution in [3.05, 3.63) is 65.9 Å². The summed E-state index contributed by atoms with van der Waals surface area (Å²) in [5.41, 5.74) is 3.79. The van der Waals surface area contributed by atoms with Crippen molar-refractivity contribution in [2.24, 2.45) is 0 Å². The van der Waals surface area contributed by atoms with Crippen molar-refractivity contribution in [1.29, 1.82) is 0 Å². The highest BCUT2D eigenvalue weighted by Gasteiger charge is 2.32. The van der Waals surface area contributed by atoms with E-state index in [9.17, 15) is 8.78 Å². The Kier molecular flexibility index (Phi) is 12.2. The van der Waals surface area contributed by atoms with Gasteiger partial charge in [-0.15, -0.1) is 9.24 Å². The zero-order valence-corrected chi connectivity index (χ0v) is 28.1. The van der Waals surface area contributed by atoms with Crippen molar-refractivity contribution in [3.8, 4) is 28.9 Å². The summed E-state index contributed by atoms with van der Waals surface area (Å²) >= 11 is 0. The molecule has 0 N–H and O–H groups in total. The van der Waals surface area contributed by atoms with Gasteiger partial charge in [-0.25, -0.2) is 23.7 Å². The first kappa shape index (κ1) is 34.8. The largest absolute Gasteiger partial charge is 0.490 e. The maximum Gasteiger partial charge on any atom is 0.268 e. The molecule has 1 atom stereocenters. The van der Waals surface area contributed by atoms with Crippen LogP contribution in [-0.4, -0.2) is 51.0 Å². The molecule has 0 saturated heterocycles. The third-order valence-electron chi connectivity index (χ3n) is 6.86. The molecule has 4 rings (SSSR count). The van der Waals surface area contributed by atoms with Gasteiger partial charge in [0.15, 0.2) is 11.6 Å². The number of halogens is 2. The molecule has 1 fully saturated rings. The fraction of sp³-hybridized carbons (Fsp3) is 0.455. The van der Waals surface area contributed by atoms with Crippen molar-refractivity contribution in [2.45, 2.75) is 85.3 Å². The first-order valence-electron chi connectivity index (χ1n) is 14.7. The molecule has 0 radical (unpaired) electrons. The van der Waals surface area contributed by atoms with Gasteiger partial charge >= 0.3 is 0 Å². The predicted octanol–water partition coefficient (Wildman–Crippen LogP) is 7.56. The summed E-state index contributed by atoms with van der Waals surface area (Å²) in [4.78, 5) is 19.6. The van der Waals surface area contributed by atoms with Crippen molar-refractivity contribution in [3.63, 3.8) is 0 Å². The third kappa shape index (κ3) is 8.72. The monoisotopic (exact) mass is 627 g/mol. The molecular weight excluding hydrogens is 583 g/mol. The van der Waals surface area contributed by atoms with Crippen molar-refractivity contribution in [1.82, 2.24) is 24.8 Å². The number of ether oxygens (including phenoxy) is 3. The zero-order chi connectivity index (χ0) is 32.6. The molecule has 1 aliphatic rings. The van der Waals surface area contributed by atoms with Crippen LogP contribution < -0.4 is 19.5 Å². The minimum atomic E-state index is -2.92. The standard InChI is InChI=1S/C30H36F2N5O3P.C3H8/c1-17(2)37(14-18(3)30(5,31)32)19(4)22-11-8-20(12-24(22)41)15-40-28-23(38-6)13-33-27(36-28)25-26(21-9-10-21)34-16-35-29(25)39-7;1-3-2/h8,11-14,16-17,21H,4,9-10,15,41H2,1-3,5-7H3;3H2,1-2H3/b18-14+;. The number of rotatable bonds is 12. The fourth-order valence-electron chi connectivity index (χ4n) is 4.25. The van der Waals surface area contributed by atoms with E-state index in [1.807, 2.05) is 32.0 Å². The lowest BCUT2D eigenvalue weighted by atomic mass is 10.1. The topological polar surface area (TPSA) is 82.5 Å². The van der Waals surface area contributed by atoms with Crippen LogP contribution in [0.1, 0.15) is 83.5 Å². The van der Waals surface area contributed by atoms with Crippen LogP contribution >= 0.6 is 9.24 Å². The summed E-state index contributed by atoms with van der Waals surface area (Å²) in [6.07, 6.45) is 7.86. The summed E-state index contributed by atoms with van der Waals surface area (Å²) in [6.45, 7) is 14.8. The summed E-state index contributed by atoms with van der Waals surface area (Å²) in [7, 11) is 5.78. The molecule has 2 heterocycles. The number of nitrogens with zero attached hydrogens (tertiary/aromatic N) is 5. The van der Waals surface area contributed by atoms with E-state index in [0.29, 0.717) is 34.6 Å². The summed E-state index contributed by atoms with van der Waals surface area (Å²) in [5.74, 6) is -1.13. The van der Waals surface area contributed by atoms with E-state index in [2.05, 4.69) is 49.6 Å². The van der Waals surface area contributed by atoms with E-state index in [0.717, 1.165) is 41.9 Å². The average Bonchev–Trinajstić information content (AvgIpc) is 3.83. The van der Waals surface area contributed by atoms with Gasteiger partial charge in [0.2, 0.25) is 5.88 Å². The Morgan fingerprint density at radius 1 is 1.14 bits per heavy atom. The summed E-state index contributed by atoms with van der Waals surface area (Å²) in [5, 5.41) is 0.853. The number of alkyl halides is 2. The van der Waals surface area contributed by atoms with Crippen molar-refractivity contribution in [2.75, 3.05) is 14.2 Å². The first-order valence-corrected chi connectivity index (χ1v) is 15.3. The molecule has 0 bridgehead atoms. The molecule has 0 aliphatic heterocycles. The molecule has 1 saturated carbocycles. The second-order valence-corrected chi connectivity index (χ2v) is 11.7. The molecule has 1 unspecified atom stereocenters. The van der Waals surface area contributed by atoms with Crippen LogP contribution in [0.5, 0.6) is 17.5 Å². The highest BCUT2D eigenvalue weighted by atomic mass is 31.0. The first-order chi connectivity index (χ1) is 20.9. The van der Waals surface area contributed by atoms with Crippen LogP contribution in [0.3, 0.4) is 0 Å². The van der Waals surface area contributed by atoms with Crippen LogP contribution in [0.25, 0.3) is 17.1 Å². The van der Waals surface area contributed by atoms with Gasteiger partial charge in [-0.05, 0) is 50.5 Å². The Balaban J connectivity index is 0.00000169. The molecule has 1 aromatic carbocycles. The van der Waals surface area contributed by atoms with Crippen molar-refractivity contribution < 1.29 is 23.0 Å². The minimum absolute atomic E-state index is 0.0372. The van der Waals surface area contributed by atoms with Crippen LogP contribution in [0.2, 0.25) is 0 Å². The van der Waals surface area contributed by atoms with Crippen LogP contribution in [0.15, 0.2) is 49.1 Å². The minimum Gasteiger partial charge on any atom is -0.490 e. The Morgan fingerprint density at radius 3 is 2.36 bits per heavy atom. The molecule has 2 aromatic heterocycles. The van der Waals surface area contributed by atoms with E-state index >= 15 is 0 Å². The Morgan fingerprint density at radius 2 is 1.82 bits per heavy atom. The maximum absolute atomic E-state index is 13.9. The molecule has 8 nitrogen and oxygen atoms in total. The SMILES string of the molecule is C=C(c1ccc(COc2nc(-c3c(OC)ncnc3C3CC3)ncc2OC)cc1P)N(/C=C(\C)C(C)(F)F)C(C)C.CCC. The highest BCUT2D eigenvalue weighted by molar-refractivity contribution is 7.27. The van der Waals surface area contributed by atoms with E-state index in [-0.39, 0.29) is 24.1 Å². The van der Waals surface area contributed by atoms with E-state index in [1.165, 1.54) is 33.0 Å². The number of allylic oxidation sites excluding steroid dienone is 1. The fourth-order valence-corrected chi connectivity index (χ4v) is 4.73. The van der Waals surface area contributed by atoms with E-state index in [1.54, 1.807) is 18.2 Å². The normalized spacial score (nSPS) is 13.2. The molecule has 0 amide bonds. The van der Waals surface area contributed by atoms with Gasteiger partial charge < -0.3 is 19.1 Å². The van der Waals surface area contributed by atoms with Gasteiger partial charge in [-0.1, -0.05) is 39.0 Å². The maximum atomic E-state index is 13.9. The second kappa shape index (κ2) is 15.4. The number of hydrogen-bond acceptors (Lipinski definition) is 8. The summed E-state index contributed by atoms with van der Waals surface area (Å²) < 4.78 is 44.8. The molecule has 238 valence electrons. The van der Waals surface area contributed by atoms with E-state index < -0.39 is 5.92 Å². The molecule has 11 heteroatoms. The summed E-state index contributed by atoms with van der Waals surface area (Å²) in [6, 6.07) is 5.69. The molecule has 3 aromatic rings. The molecular formula is C33H44F2N5O3P. The van der Waals surface area contributed by atoms with Crippen LogP contribution in [0.4, 0.5) is 8.78 Å². The third-order valence-corrected chi connectivity index (χ3v) is 7.34. The Bertz CT molecular complexity index is 1470. The van der Waals surface area contributed by atoms with Gasteiger partial charge in [-0.2, -0.15) is 4.98 Å². The number of methoxy groups -OCH3 is 2. The number of benzene rings is 1. The average molecular weight is 628 g/mol. The lowest BCUT2D eigenvalue weighted by Gasteiger charge is -2.30. The Labute approximate surface area is 262 Å². The molecule has 1 aliphatic carbocycles. The van der Waals surface area contributed by atoms with Crippen LogP contribution in [0, 0.1) is 0 Å². The Hall–Kier alpha value is -3.65. The second-order valence-electron chi connectivity index (χ2n) is 11.1. The number of aromatic nitrogens is 4. The lowest BCUT2D eigenvalue weighted by molar-refractivity contribution is 0.0617. The zero-order valence-electron chi connectivity index (χ0n) is 26.9. The van der Waals surface area contributed by atoms with E-state index in [4.69, 9.17) is 14.2 Å². The van der Waals surface area contributed by atoms with Gasteiger partial charge in [0.05, 0.1) is 26.1 Å². The number of hydrogen-bond donors (Lipinski definition) is 0. The van der Waals surface area contributed by atoms with Crippen LogP contribution in [-0.2, 0) is 6.61 Å². The van der Waals surface area contributed by atoms with Crippen molar-refractivity contribution >= 4 is 20.2 Å². The predicted molar refractivity (Wildman–Crippen MR) is 175 cm³/mol. The molecule has 0 spiro atoms. The lowest BCUT2D eigenvalue weighted by Crippen LogP contribution is -2.27. The highest BCUT2D eigenvalue weighted by Crippen LogP contribution is 2.45. The van der Waals surface area contributed by atoms with Gasteiger partial charge in [0.25, 0.3) is 11.8 Å². The quantitative estimate of drug-likeness (QED) is 0.190. The van der Waals surface area contributed by atoms with Gasteiger partial charge in [0.1, 0.15) is 18.5 Å². The smallest absolute Gasteiger partial charge is 0.268 e. The van der Waals surface area contributed by atoms with Gasteiger partial charge in [0, 0.05) is 41.9 Å². The van der Waals surface area contributed by atoms with Gasteiger partial charge in [-0.3, -0.25) is 0 Å². The molecule has 44 heavy (non-hydrogen) atoms.